The van der Waals surface area contributed by atoms with Gasteiger partial charge in [0, 0.05) is 19.2 Å². The summed E-state index contributed by atoms with van der Waals surface area (Å²) < 4.78 is 30.0. The van der Waals surface area contributed by atoms with Crippen molar-refractivity contribution < 1.29 is 27.9 Å². The molecule has 2 fully saturated rings. The Labute approximate surface area is 230 Å². The second-order valence-electron chi connectivity index (χ2n) is 10.8. The van der Waals surface area contributed by atoms with Crippen LogP contribution in [0.5, 0.6) is 0 Å². The summed E-state index contributed by atoms with van der Waals surface area (Å²) in [6.07, 6.45) is 5.84. The molecule has 0 saturated heterocycles. The lowest BCUT2D eigenvalue weighted by molar-refractivity contribution is -0.143. The maximum absolute atomic E-state index is 13.0. The Hall–Kier alpha value is -3.08. The fourth-order valence-corrected chi connectivity index (χ4v) is 6.34. The van der Waals surface area contributed by atoms with Crippen molar-refractivity contribution in [1.29, 1.82) is 0 Å². The molecular weight excluding hydrogens is 518 g/mol. The highest BCUT2D eigenvalue weighted by atomic mass is 32.2. The number of carbonyl (C=O) groups is 2. The first-order valence-corrected chi connectivity index (χ1v) is 14.7. The van der Waals surface area contributed by atoms with Gasteiger partial charge in [-0.05, 0) is 68.9 Å². The minimum absolute atomic E-state index is 0.111. The standard InChI is InChI=1S/C29H35N3O6S/c1-17-8-10-20(11-9-17)26-25(27(33)30-2)23-15-22(19-12-13-19)24(31-28(23)38-26)16-32(39(36)37)14-4-6-18-5-3-7-21(18)29(34)35/h8-11,15,18-19,21H,3-7,12-14,16H2,1-2H3,(H,30,33)(H,34,35)(H,36,37). The Kier molecular flexibility index (Phi) is 8.16. The van der Waals surface area contributed by atoms with Gasteiger partial charge in [0.05, 0.1) is 29.1 Å². The first-order valence-electron chi connectivity index (χ1n) is 13.6. The fraction of sp³-hybridized carbons (Fsp3) is 0.483. The molecule has 1 amide bonds. The van der Waals surface area contributed by atoms with Gasteiger partial charge < -0.3 is 14.8 Å². The average Bonchev–Trinajstić information content (AvgIpc) is 3.53. The van der Waals surface area contributed by atoms with Crippen molar-refractivity contribution in [3.05, 3.63) is 52.7 Å². The van der Waals surface area contributed by atoms with Crippen molar-refractivity contribution in [1.82, 2.24) is 14.6 Å². The Balaban J connectivity index is 1.44. The van der Waals surface area contributed by atoms with Crippen molar-refractivity contribution in [2.24, 2.45) is 11.8 Å². The number of aryl methyl sites for hydroxylation is 1. The summed E-state index contributed by atoms with van der Waals surface area (Å²) in [6, 6.07) is 9.72. The predicted molar refractivity (Wildman–Crippen MR) is 148 cm³/mol. The number of nitrogens with one attached hydrogen (secondary N) is 1. The number of hydrogen-bond acceptors (Lipinski definition) is 5. The number of carboxylic acid groups (broad SMARTS) is 1. The van der Waals surface area contributed by atoms with Crippen LogP contribution in [-0.4, -0.2) is 48.6 Å². The maximum Gasteiger partial charge on any atom is 0.306 e. The van der Waals surface area contributed by atoms with Gasteiger partial charge in [-0.2, -0.15) is 4.31 Å². The zero-order valence-electron chi connectivity index (χ0n) is 22.3. The third-order valence-electron chi connectivity index (χ3n) is 8.09. The highest BCUT2D eigenvalue weighted by Gasteiger charge is 2.33. The number of carbonyl (C=O) groups excluding carboxylic acids is 1. The highest BCUT2D eigenvalue weighted by Crippen LogP contribution is 2.44. The molecule has 2 aliphatic rings. The van der Waals surface area contributed by atoms with Crippen LogP contribution < -0.4 is 5.32 Å². The maximum atomic E-state index is 13.0. The van der Waals surface area contributed by atoms with Crippen molar-refractivity contribution in [3.8, 4) is 11.3 Å². The van der Waals surface area contributed by atoms with Crippen molar-refractivity contribution in [3.63, 3.8) is 0 Å². The highest BCUT2D eigenvalue weighted by molar-refractivity contribution is 7.76. The number of pyridine rings is 1. The van der Waals surface area contributed by atoms with E-state index in [1.54, 1.807) is 7.05 Å². The first kappa shape index (κ1) is 27.5. The molecule has 2 saturated carbocycles. The molecule has 3 N–H and O–H groups in total. The van der Waals surface area contributed by atoms with E-state index in [-0.39, 0.29) is 30.2 Å². The predicted octanol–water partition coefficient (Wildman–Crippen LogP) is 5.26. The molecule has 3 aromatic rings. The van der Waals surface area contributed by atoms with Crippen LogP contribution in [0.2, 0.25) is 0 Å². The second kappa shape index (κ2) is 11.6. The minimum atomic E-state index is -2.22. The van der Waals surface area contributed by atoms with E-state index in [0.717, 1.165) is 42.4 Å². The molecule has 0 bridgehead atoms. The van der Waals surface area contributed by atoms with E-state index in [4.69, 9.17) is 9.40 Å². The number of nitrogens with zero attached hydrogens (tertiary/aromatic N) is 2. The molecule has 3 atom stereocenters. The van der Waals surface area contributed by atoms with Crippen LogP contribution in [0.1, 0.15) is 78.0 Å². The van der Waals surface area contributed by atoms with E-state index >= 15 is 0 Å². The van der Waals surface area contributed by atoms with E-state index in [1.165, 1.54) is 4.31 Å². The molecule has 2 aliphatic carbocycles. The summed E-state index contributed by atoms with van der Waals surface area (Å²) >= 11 is -2.22. The molecule has 0 aliphatic heterocycles. The van der Waals surface area contributed by atoms with Crippen LogP contribution in [0.3, 0.4) is 0 Å². The van der Waals surface area contributed by atoms with Crippen molar-refractivity contribution in [2.75, 3.05) is 13.6 Å². The number of fused-ring (bicyclic) bond motifs is 1. The number of hydrogen-bond donors (Lipinski definition) is 3. The summed E-state index contributed by atoms with van der Waals surface area (Å²) in [5.74, 6) is -0.477. The number of aliphatic carboxylic acids is 1. The molecule has 2 aromatic heterocycles. The van der Waals surface area contributed by atoms with Gasteiger partial charge in [0.15, 0.2) is 0 Å². The summed E-state index contributed by atoms with van der Waals surface area (Å²) in [5.41, 5.74) is 4.27. The number of benzene rings is 1. The molecule has 9 nitrogen and oxygen atoms in total. The molecule has 1 aromatic carbocycles. The van der Waals surface area contributed by atoms with Gasteiger partial charge in [-0.15, -0.1) is 0 Å². The SMILES string of the molecule is CNC(=O)c1c(-c2ccc(C)cc2)oc2nc(CN(CCCC3CCCC3C(=O)O)S(=O)O)c(C3CC3)cc12. The molecular formula is C29H35N3O6S. The van der Waals surface area contributed by atoms with Gasteiger partial charge in [-0.1, -0.05) is 36.2 Å². The zero-order chi connectivity index (χ0) is 27.7. The lowest BCUT2D eigenvalue weighted by Gasteiger charge is -2.21. The number of carboxylic acids is 1. The Morgan fingerprint density at radius 1 is 1.18 bits per heavy atom. The van der Waals surface area contributed by atoms with Crippen LogP contribution in [-0.2, 0) is 22.6 Å². The van der Waals surface area contributed by atoms with Crippen molar-refractivity contribution in [2.45, 2.75) is 64.3 Å². The van der Waals surface area contributed by atoms with E-state index in [0.29, 0.717) is 53.9 Å². The fourth-order valence-electron chi connectivity index (χ4n) is 5.82. The van der Waals surface area contributed by atoms with Gasteiger partial charge in [0.25, 0.3) is 5.91 Å². The minimum Gasteiger partial charge on any atom is -0.481 e. The van der Waals surface area contributed by atoms with Crippen LogP contribution in [0.4, 0.5) is 0 Å². The monoisotopic (exact) mass is 553 g/mol. The molecule has 10 heteroatoms. The van der Waals surface area contributed by atoms with Crippen molar-refractivity contribution >= 4 is 34.2 Å². The third kappa shape index (κ3) is 5.92. The van der Waals surface area contributed by atoms with Crippen LogP contribution >= 0.6 is 0 Å². The molecule has 3 unspecified atom stereocenters. The third-order valence-corrected chi connectivity index (χ3v) is 8.84. The number of furan rings is 1. The normalized spacial score (nSPS) is 20.0. The molecule has 2 heterocycles. The molecule has 5 rings (SSSR count). The molecule has 0 radical (unpaired) electrons. The van der Waals surface area contributed by atoms with E-state index < -0.39 is 17.2 Å². The Morgan fingerprint density at radius 2 is 1.92 bits per heavy atom. The molecule has 39 heavy (non-hydrogen) atoms. The molecule has 0 spiro atoms. The first-order chi connectivity index (χ1) is 18.8. The van der Waals surface area contributed by atoms with E-state index in [9.17, 15) is 23.5 Å². The summed E-state index contributed by atoms with van der Waals surface area (Å²) in [4.78, 5) is 29.3. The van der Waals surface area contributed by atoms with Crippen LogP contribution in [0.15, 0.2) is 34.7 Å². The lowest BCUT2D eigenvalue weighted by Crippen LogP contribution is -2.28. The smallest absolute Gasteiger partial charge is 0.306 e. The molecule has 208 valence electrons. The number of amides is 1. The topological polar surface area (TPSA) is 133 Å². The summed E-state index contributed by atoms with van der Waals surface area (Å²) in [7, 11) is 1.59. The van der Waals surface area contributed by atoms with Gasteiger partial charge in [0.1, 0.15) is 5.76 Å². The van der Waals surface area contributed by atoms with Crippen LogP contribution in [0.25, 0.3) is 22.4 Å². The lowest BCUT2D eigenvalue weighted by atomic mass is 9.92. The van der Waals surface area contributed by atoms with E-state index in [2.05, 4.69) is 5.32 Å². The zero-order valence-corrected chi connectivity index (χ0v) is 23.1. The van der Waals surface area contributed by atoms with Crippen LogP contribution in [0, 0.1) is 18.8 Å². The Bertz CT molecular complexity index is 1400. The number of rotatable bonds is 11. The van der Waals surface area contributed by atoms with E-state index in [1.807, 2.05) is 37.3 Å². The van der Waals surface area contributed by atoms with Gasteiger partial charge in [-0.3, -0.25) is 14.1 Å². The van der Waals surface area contributed by atoms with Gasteiger partial charge >= 0.3 is 5.97 Å². The largest absolute Gasteiger partial charge is 0.481 e. The average molecular weight is 554 g/mol. The Morgan fingerprint density at radius 3 is 2.56 bits per heavy atom. The second-order valence-corrected chi connectivity index (χ2v) is 11.8. The van der Waals surface area contributed by atoms with Gasteiger partial charge in [0.2, 0.25) is 17.0 Å². The number of aromatic nitrogens is 1. The van der Waals surface area contributed by atoms with Gasteiger partial charge in [-0.25, -0.2) is 9.19 Å². The summed E-state index contributed by atoms with van der Waals surface area (Å²) in [6.45, 7) is 2.51. The summed E-state index contributed by atoms with van der Waals surface area (Å²) in [5, 5.41) is 12.8. The quantitative estimate of drug-likeness (QED) is 0.276.